The molecule has 1 amide bonds. The van der Waals surface area contributed by atoms with Gasteiger partial charge in [0.05, 0.1) is 12.3 Å². The Hall–Kier alpha value is -1.47. The van der Waals surface area contributed by atoms with Gasteiger partial charge in [0.15, 0.2) is 10.9 Å². The smallest absolute Gasteiger partial charge is 0.413 e. The van der Waals surface area contributed by atoms with Crippen molar-refractivity contribution in [2.24, 2.45) is 0 Å². The Morgan fingerprint density at radius 2 is 2.17 bits per heavy atom. The maximum absolute atomic E-state index is 11.5. The van der Waals surface area contributed by atoms with Crippen LogP contribution in [0.2, 0.25) is 0 Å². The van der Waals surface area contributed by atoms with Crippen LogP contribution in [-0.4, -0.2) is 29.1 Å². The summed E-state index contributed by atoms with van der Waals surface area (Å²) in [6, 6.07) is 0. The van der Waals surface area contributed by atoms with E-state index in [4.69, 9.17) is 9.47 Å². The number of nitrogens with one attached hydrogen (secondary N) is 1. The molecule has 18 heavy (non-hydrogen) atoms. The second kappa shape index (κ2) is 4.66. The number of carbonyl (C=O) groups excluding carboxylic acids is 2. The summed E-state index contributed by atoms with van der Waals surface area (Å²) in [5.74, 6) is -0.106. The highest BCUT2D eigenvalue weighted by Gasteiger charge is 2.24. The molecular weight excluding hydrogens is 256 g/mol. The number of nitrogens with zero attached hydrogens (tertiary/aromatic N) is 1. The van der Waals surface area contributed by atoms with E-state index >= 15 is 0 Å². The Morgan fingerprint density at radius 3 is 2.78 bits per heavy atom. The SMILES string of the molecule is CC(C)(C)OC(=O)Nc1nc2c(s1)C(=O)COC2. The molecule has 0 fully saturated rings. The van der Waals surface area contributed by atoms with Gasteiger partial charge in [0.25, 0.3) is 0 Å². The second-order valence-corrected chi connectivity index (χ2v) is 5.84. The average Bonchev–Trinajstić information content (AvgIpc) is 2.58. The van der Waals surface area contributed by atoms with Gasteiger partial charge in [0.1, 0.15) is 17.1 Å². The molecule has 0 unspecified atom stereocenters. The van der Waals surface area contributed by atoms with E-state index in [9.17, 15) is 9.59 Å². The number of carbonyl (C=O) groups is 2. The fourth-order valence-corrected chi connectivity index (χ4v) is 2.30. The first-order valence-corrected chi connectivity index (χ1v) is 6.27. The van der Waals surface area contributed by atoms with Gasteiger partial charge < -0.3 is 9.47 Å². The monoisotopic (exact) mass is 270 g/mol. The normalized spacial score (nSPS) is 15.2. The highest BCUT2D eigenvalue weighted by atomic mass is 32.1. The summed E-state index contributed by atoms with van der Waals surface area (Å²) >= 11 is 1.15. The van der Waals surface area contributed by atoms with Crippen LogP contribution in [0.4, 0.5) is 9.93 Å². The van der Waals surface area contributed by atoms with Gasteiger partial charge in [-0.2, -0.15) is 0 Å². The fraction of sp³-hybridized carbons (Fsp3) is 0.545. The van der Waals surface area contributed by atoms with Gasteiger partial charge >= 0.3 is 6.09 Å². The molecule has 0 spiro atoms. The number of amides is 1. The first-order chi connectivity index (χ1) is 8.35. The maximum atomic E-state index is 11.5. The number of fused-ring (bicyclic) bond motifs is 1. The predicted molar refractivity (Wildman–Crippen MR) is 66.0 cm³/mol. The minimum absolute atomic E-state index is 0.0705. The molecule has 98 valence electrons. The molecule has 0 saturated carbocycles. The van der Waals surface area contributed by atoms with Crippen molar-refractivity contribution in [3.63, 3.8) is 0 Å². The first-order valence-electron chi connectivity index (χ1n) is 5.46. The van der Waals surface area contributed by atoms with Crippen LogP contribution >= 0.6 is 11.3 Å². The number of ether oxygens (including phenoxy) is 2. The van der Waals surface area contributed by atoms with Gasteiger partial charge in [-0.3, -0.25) is 10.1 Å². The molecule has 1 aliphatic heterocycles. The highest BCUT2D eigenvalue weighted by Crippen LogP contribution is 2.27. The first kappa shape index (κ1) is 13.0. The van der Waals surface area contributed by atoms with Crippen molar-refractivity contribution in [3.8, 4) is 0 Å². The maximum Gasteiger partial charge on any atom is 0.413 e. The summed E-state index contributed by atoms with van der Waals surface area (Å²) in [6.07, 6.45) is -0.582. The lowest BCUT2D eigenvalue weighted by atomic mass is 10.2. The number of aromatic nitrogens is 1. The number of thiazole rings is 1. The van der Waals surface area contributed by atoms with Gasteiger partial charge in [-0.1, -0.05) is 11.3 Å². The van der Waals surface area contributed by atoms with Gasteiger partial charge in [-0.25, -0.2) is 9.78 Å². The molecule has 0 aliphatic carbocycles. The number of hydrogen-bond donors (Lipinski definition) is 1. The molecule has 2 heterocycles. The van der Waals surface area contributed by atoms with Crippen molar-refractivity contribution in [3.05, 3.63) is 10.6 Å². The van der Waals surface area contributed by atoms with E-state index in [0.29, 0.717) is 22.3 Å². The third-order valence-corrected chi connectivity index (χ3v) is 3.08. The predicted octanol–water partition coefficient (Wildman–Crippen LogP) is 2.20. The Balaban J connectivity index is 2.07. The highest BCUT2D eigenvalue weighted by molar-refractivity contribution is 7.17. The molecule has 7 heteroatoms. The zero-order valence-electron chi connectivity index (χ0n) is 10.4. The van der Waals surface area contributed by atoms with Crippen LogP contribution in [0.5, 0.6) is 0 Å². The van der Waals surface area contributed by atoms with Crippen LogP contribution in [0.1, 0.15) is 36.1 Å². The Kier molecular flexibility index (Phi) is 3.36. The van der Waals surface area contributed by atoms with Gasteiger partial charge in [-0.15, -0.1) is 0 Å². The van der Waals surface area contributed by atoms with Crippen LogP contribution in [0, 0.1) is 0 Å². The zero-order valence-corrected chi connectivity index (χ0v) is 11.2. The lowest BCUT2D eigenvalue weighted by molar-refractivity contribution is 0.0635. The van der Waals surface area contributed by atoms with E-state index in [1.807, 2.05) is 0 Å². The summed E-state index contributed by atoms with van der Waals surface area (Å²) < 4.78 is 10.2. The topological polar surface area (TPSA) is 77.5 Å². The standard InChI is InChI=1S/C11H14N2O4S/c1-11(2,3)17-10(15)13-9-12-6-4-16-5-7(14)8(6)18-9/h4-5H2,1-3H3,(H,12,13,15). The van der Waals surface area contributed by atoms with Crippen molar-refractivity contribution in [2.45, 2.75) is 33.0 Å². The molecular formula is C11H14N2O4S. The summed E-state index contributed by atoms with van der Waals surface area (Å²) in [6.45, 7) is 5.69. The molecule has 1 aromatic rings. The van der Waals surface area contributed by atoms with Crippen LogP contribution < -0.4 is 5.32 Å². The number of rotatable bonds is 1. The molecule has 2 rings (SSSR count). The molecule has 0 saturated heterocycles. The average molecular weight is 270 g/mol. The molecule has 0 atom stereocenters. The van der Waals surface area contributed by atoms with Gasteiger partial charge in [0.2, 0.25) is 0 Å². The van der Waals surface area contributed by atoms with E-state index < -0.39 is 11.7 Å². The lowest BCUT2D eigenvalue weighted by Crippen LogP contribution is -2.27. The van der Waals surface area contributed by atoms with Crippen molar-refractivity contribution < 1.29 is 19.1 Å². The van der Waals surface area contributed by atoms with Crippen molar-refractivity contribution in [1.29, 1.82) is 0 Å². The van der Waals surface area contributed by atoms with E-state index in [-0.39, 0.29) is 12.4 Å². The van der Waals surface area contributed by atoms with E-state index in [1.165, 1.54) is 0 Å². The van der Waals surface area contributed by atoms with Gasteiger partial charge in [-0.05, 0) is 20.8 Å². The van der Waals surface area contributed by atoms with Crippen molar-refractivity contribution in [1.82, 2.24) is 4.98 Å². The second-order valence-electron chi connectivity index (χ2n) is 4.84. The number of anilines is 1. The zero-order chi connectivity index (χ0) is 13.3. The molecule has 1 N–H and O–H groups in total. The fourth-order valence-electron chi connectivity index (χ4n) is 1.42. The molecule has 6 nitrogen and oxygen atoms in total. The number of ketones is 1. The molecule has 1 aliphatic rings. The van der Waals surface area contributed by atoms with Crippen molar-refractivity contribution in [2.75, 3.05) is 11.9 Å². The molecule has 0 radical (unpaired) electrons. The van der Waals surface area contributed by atoms with Crippen LogP contribution in [-0.2, 0) is 16.1 Å². The summed E-state index contributed by atoms with van der Waals surface area (Å²) in [5, 5.41) is 2.87. The minimum atomic E-state index is -0.582. The minimum Gasteiger partial charge on any atom is -0.444 e. The lowest BCUT2D eigenvalue weighted by Gasteiger charge is -2.18. The number of Topliss-reactive ketones (excluding diaryl/α,β-unsaturated/α-hetero) is 1. The molecule has 0 bridgehead atoms. The van der Waals surface area contributed by atoms with E-state index in [1.54, 1.807) is 20.8 Å². The Morgan fingerprint density at radius 1 is 1.44 bits per heavy atom. The summed E-state index contributed by atoms with van der Waals surface area (Å²) in [4.78, 5) is 27.7. The van der Waals surface area contributed by atoms with Gasteiger partial charge in [0, 0.05) is 0 Å². The molecule has 0 aromatic carbocycles. The largest absolute Gasteiger partial charge is 0.444 e. The van der Waals surface area contributed by atoms with E-state index in [0.717, 1.165) is 11.3 Å². The molecule has 1 aromatic heterocycles. The number of hydrogen-bond acceptors (Lipinski definition) is 6. The Labute approximate surface area is 108 Å². The summed E-state index contributed by atoms with van der Waals surface area (Å²) in [5.41, 5.74) is 0.00203. The van der Waals surface area contributed by atoms with Crippen LogP contribution in [0.25, 0.3) is 0 Å². The van der Waals surface area contributed by atoms with E-state index in [2.05, 4.69) is 10.3 Å². The summed E-state index contributed by atoms with van der Waals surface area (Å²) in [7, 11) is 0. The van der Waals surface area contributed by atoms with Crippen LogP contribution in [0.3, 0.4) is 0 Å². The Bertz CT molecular complexity index is 490. The third-order valence-electron chi connectivity index (χ3n) is 2.03. The van der Waals surface area contributed by atoms with Crippen molar-refractivity contribution >= 4 is 28.3 Å². The van der Waals surface area contributed by atoms with Crippen LogP contribution in [0.15, 0.2) is 0 Å². The third kappa shape index (κ3) is 3.05. The quantitative estimate of drug-likeness (QED) is 0.846.